The van der Waals surface area contributed by atoms with Gasteiger partial charge in [-0.15, -0.1) is 47.2 Å². The van der Waals surface area contributed by atoms with E-state index in [-0.39, 0.29) is 32.2 Å². The number of hydrogen-bond donors (Lipinski definition) is 1. The monoisotopic (exact) mass is 887 g/mol. The molecule has 9 rings (SSSR count). The summed E-state index contributed by atoms with van der Waals surface area (Å²) in [5, 5.41) is 16.0. The Balaban J connectivity index is 0.00000400. The fraction of sp³-hybridized carbons (Fsp3) is 0.149. The van der Waals surface area contributed by atoms with Gasteiger partial charge in [-0.2, -0.15) is 0 Å². The number of hydrogen-bond acceptors (Lipinski definition) is 4. The summed E-state index contributed by atoms with van der Waals surface area (Å²) in [4.78, 5) is 10.8. The molecule has 0 aliphatic rings. The molecule has 3 heterocycles. The summed E-state index contributed by atoms with van der Waals surface area (Å²) < 4.78 is 4.53. The van der Waals surface area contributed by atoms with Gasteiger partial charge < -0.3 is 9.67 Å². The largest absolute Gasteiger partial charge is 0.507 e. The second-order valence-electron chi connectivity index (χ2n) is 15.1. The molecule has 0 spiro atoms. The Bertz CT molecular complexity index is 2830. The number of aryl methyl sites for hydroxylation is 2. The van der Waals surface area contributed by atoms with Crippen LogP contribution in [0.15, 0.2) is 121 Å². The number of phenols is 1. The minimum Gasteiger partial charge on any atom is -0.507 e. The normalized spacial score (nSPS) is 11.9. The van der Waals surface area contributed by atoms with Crippen molar-refractivity contribution in [2.24, 2.45) is 5.41 Å². The maximum absolute atomic E-state index is 11.2. The fourth-order valence-electron chi connectivity index (χ4n) is 7.69. The standard InChI is InChI=1S/C47H38N3OS.Pt/c1-28-13-11-14-29(2)44(28)50-39-19-12-18-34(42(39)49-46(50)31-15-7-6-8-16-31)38-26-37-36-24-32-22-21-30(27-47(3,4)5)23-33(32)25-41(36)52-45(37)43(48-38)35-17-9-10-20-40(35)51;/h6-15,17-26,51H,27H2,1-5H3;/q-1;. The molecule has 1 N–H and O–H groups in total. The number of benzene rings is 6. The molecule has 0 atom stereocenters. The first-order valence-corrected chi connectivity index (χ1v) is 18.6. The van der Waals surface area contributed by atoms with Crippen LogP contribution >= 0.6 is 11.3 Å². The van der Waals surface area contributed by atoms with E-state index >= 15 is 0 Å². The minimum absolute atomic E-state index is 0. The third kappa shape index (κ3) is 6.16. The van der Waals surface area contributed by atoms with E-state index in [1.165, 1.54) is 37.5 Å². The summed E-state index contributed by atoms with van der Waals surface area (Å²) in [5.74, 6) is 1.04. The summed E-state index contributed by atoms with van der Waals surface area (Å²) >= 11 is 1.74. The molecule has 0 aliphatic heterocycles. The summed E-state index contributed by atoms with van der Waals surface area (Å²) in [7, 11) is 0. The van der Waals surface area contributed by atoms with Gasteiger partial charge in [0.15, 0.2) is 0 Å². The Hall–Kier alpha value is -5.09. The quantitative estimate of drug-likeness (QED) is 0.175. The van der Waals surface area contributed by atoms with E-state index in [9.17, 15) is 5.11 Å². The van der Waals surface area contributed by atoms with Crippen LogP contribution in [0, 0.1) is 25.3 Å². The molecule has 0 radical (unpaired) electrons. The van der Waals surface area contributed by atoms with Crippen molar-refractivity contribution >= 4 is 53.3 Å². The predicted molar refractivity (Wildman–Crippen MR) is 219 cm³/mol. The van der Waals surface area contributed by atoms with E-state index in [2.05, 4.69) is 124 Å². The number of aromatic hydroxyl groups is 1. The van der Waals surface area contributed by atoms with Crippen LogP contribution in [0.25, 0.3) is 81.6 Å². The fourth-order valence-corrected chi connectivity index (χ4v) is 8.90. The zero-order chi connectivity index (χ0) is 35.7. The van der Waals surface area contributed by atoms with E-state index in [0.29, 0.717) is 5.56 Å². The van der Waals surface area contributed by atoms with Gasteiger partial charge in [0.25, 0.3) is 0 Å². The first-order chi connectivity index (χ1) is 25.1. The molecule has 4 nitrogen and oxygen atoms in total. The number of imidazole rings is 1. The summed E-state index contributed by atoms with van der Waals surface area (Å²) in [6.07, 6.45) is 1.02. The van der Waals surface area contributed by atoms with Crippen molar-refractivity contribution in [3.63, 3.8) is 0 Å². The van der Waals surface area contributed by atoms with Gasteiger partial charge in [-0.25, -0.2) is 4.98 Å². The molecule has 53 heavy (non-hydrogen) atoms. The van der Waals surface area contributed by atoms with Gasteiger partial charge in [0, 0.05) is 53.4 Å². The molecule has 6 heteroatoms. The van der Waals surface area contributed by atoms with Crippen molar-refractivity contribution in [2.45, 2.75) is 41.0 Å². The average Bonchev–Trinajstić information content (AvgIpc) is 3.68. The van der Waals surface area contributed by atoms with Crippen LogP contribution in [-0.4, -0.2) is 19.6 Å². The second kappa shape index (κ2) is 13.4. The van der Waals surface area contributed by atoms with Gasteiger partial charge in [-0.3, -0.25) is 4.98 Å². The minimum atomic E-state index is 0. The number of rotatable bonds is 5. The number of para-hydroxylation sites is 3. The van der Waals surface area contributed by atoms with Crippen LogP contribution in [0.4, 0.5) is 0 Å². The number of nitrogens with zero attached hydrogens (tertiary/aromatic N) is 3. The van der Waals surface area contributed by atoms with Crippen LogP contribution in [0.3, 0.4) is 0 Å². The molecule has 0 fully saturated rings. The van der Waals surface area contributed by atoms with Crippen LogP contribution in [0.1, 0.15) is 37.5 Å². The molecule has 0 unspecified atom stereocenters. The van der Waals surface area contributed by atoms with E-state index in [1.807, 2.05) is 36.4 Å². The van der Waals surface area contributed by atoms with Crippen molar-refractivity contribution in [1.29, 1.82) is 0 Å². The predicted octanol–water partition coefficient (Wildman–Crippen LogP) is 12.7. The second-order valence-corrected chi connectivity index (χ2v) is 16.1. The molecule has 0 saturated carbocycles. The maximum Gasteiger partial charge on any atom is 0.125 e. The van der Waals surface area contributed by atoms with E-state index < -0.39 is 0 Å². The van der Waals surface area contributed by atoms with Gasteiger partial charge in [-0.1, -0.05) is 81.4 Å². The summed E-state index contributed by atoms with van der Waals surface area (Å²) in [6, 6.07) is 45.5. The molecule has 9 aromatic rings. The molecule has 264 valence electrons. The SMILES string of the molecule is Cc1cccc(C)c1-n1c(-c2[c-]cccc2)nc2c(-c3cc4c(sc5cc6cc(CC(C)(C)C)ccc6cc54)c(-c4ccccc4O)n3)cccc21.[Pt]. The zero-order valence-corrected chi connectivity index (χ0v) is 33.4. The van der Waals surface area contributed by atoms with E-state index in [4.69, 9.17) is 9.97 Å². The number of aromatic nitrogens is 3. The van der Waals surface area contributed by atoms with Crippen LogP contribution in [0.2, 0.25) is 0 Å². The molecular weight excluding hydrogens is 850 g/mol. The molecular formula is C47H38N3OPtS-. The van der Waals surface area contributed by atoms with Crippen LogP contribution < -0.4 is 0 Å². The first kappa shape index (κ1) is 35.0. The molecule has 6 aromatic carbocycles. The van der Waals surface area contributed by atoms with Crippen molar-refractivity contribution in [3.8, 4) is 45.3 Å². The Kier molecular flexibility index (Phi) is 8.84. The maximum atomic E-state index is 11.2. The smallest absolute Gasteiger partial charge is 0.125 e. The third-order valence-corrected chi connectivity index (χ3v) is 11.1. The van der Waals surface area contributed by atoms with Crippen molar-refractivity contribution in [2.75, 3.05) is 0 Å². The van der Waals surface area contributed by atoms with Crippen LogP contribution in [0.5, 0.6) is 5.75 Å². The van der Waals surface area contributed by atoms with Crippen molar-refractivity contribution in [1.82, 2.24) is 14.5 Å². The molecule has 0 aliphatic carbocycles. The molecule has 0 amide bonds. The van der Waals surface area contributed by atoms with Gasteiger partial charge in [0.2, 0.25) is 0 Å². The Morgan fingerprint density at radius 3 is 2.25 bits per heavy atom. The average molecular weight is 888 g/mol. The Morgan fingerprint density at radius 2 is 1.49 bits per heavy atom. The van der Waals surface area contributed by atoms with Gasteiger partial charge >= 0.3 is 0 Å². The van der Waals surface area contributed by atoms with Crippen LogP contribution in [-0.2, 0) is 27.5 Å². The van der Waals surface area contributed by atoms with Gasteiger partial charge in [0.05, 0.1) is 32.9 Å². The first-order valence-electron chi connectivity index (χ1n) is 17.8. The summed E-state index contributed by atoms with van der Waals surface area (Å²) in [6.45, 7) is 11.2. The van der Waals surface area contributed by atoms with Gasteiger partial charge in [-0.05, 0) is 89.5 Å². The van der Waals surface area contributed by atoms with E-state index in [0.717, 1.165) is 61.6 Å². The Morgan fingerprint density at radius 1 is 0.736 bits per heavy atom. The van der Waals surface area contributed by atoms with E-state index in [1.54, 1.807) is 17.4 Å². The molecule has 3 aromatic heterocycles. The molecule has 0 bridgehead atoms. The van der Waals surface area contributed by atoms with Gasteiger partial charge in [0.1, 0.15) is 5.75 Å². The third-order valence-electron chi connectivity index (χ3n) is 9.95. The number of pyridine rings is 1. The topological polar surface area (TPSA) is 50.9 Å². The van der Waals surface area contributed by atoms with Crippen molar-refractivity contribution < 1.29 is 26.2 Å². The molecule has 0 saturated heterocycles. The zero-order valence-electron chi connectivity index (χ0n) is 30.3. The Labute approximate surface area is 328 Å². The number of phenolic OH excluding ortho intramolecular Hbond substituents is 1. The number of fused-ring (bicyclic) bond motifs is 5. The number of thiophene rings is 1. The summed E-state index contributed by atoms with van der Waals surface area (Å²) in [5.41, 5.74) is 11.0. The van der Waals surface area contributed by atoms with Crippen molar-refractivity contribution in [3.05, 3.63) is 144 Å².